The number of aliphatic hydroxyl groups is 1. The van der Waals surface area contributed by atoms with Crippen molar-refractivity contribution in [1.82, 2.24) is 4.98 Å². The number of nitrogens with zero attached hydrogens (tertiary/aromatic N) is 1. The largest absolute Gasteiger partial charge is 0.389 e. The van der Waals surface area contributed by atoms with E-state index in [1.54, 1.807) is 11.3 Å². The first-order chi connectivity index (χ1) is 5.90. The molecule has 2 heterocycles. The summed E-state index contributed by atoms with van der Waals surface area (Å²) in [6.07, 6.45) is 1.25. The monoisotopic (exact) mass is 201 g/mol. The molecule has 2 nitrogen and oxygen atoms in total. The van der Waals surface area contributed by atoms with Crippen LogP contribution in [0.15, 0.2) is 5.38 Å². The van der Waals surface area contributed by atoms with E-state index in [2.05, 4.69) is 10.4 Å². The molecule has 0 aliphatic carbocycles. The maximum Gasteiger partial charge on any atom is 0.118 e. The summed E-state index contributed by atoms with van der Waals surface area (Å²) in [4.78, 5) is 4.37. The average molecular weight is 201 g/mol. The lowest BCUT2D eigenvalue weighted by atomic mass is 10.1. The Labute approximate surface area is 80.0 Å². The number of aliphatic hydroxyl groups excluding tert-OH is 1. The van der Waals surface area contributed by atoms with Gasteiger partial charge in [0, 0.05) is 17.1 Å². The van der Waals surface area contributed by atoms with Crippen molar-refractivity contribution in [2.24, 2.45) is 0 Å². The Morgan fingerprint density at radius 2 is 2.58 bits per heavy atom. The predicted molar refractivity (Wildman–Crippen MR) is 52.7 cm³/mol. The van der Waals surface area contributed by atoms with Gasteiger partial charge in [0.05, 0.1) is 12.3 Å². The summed E-state index contributed by atoms with van der Waals surface area (Å²) < 4.78 is 0. The third-order valence-corrected chi connectivity index (χ3v) is 4.07. The van der Waals surface area contributed by atoms with Crippen molar-refractivity contribution in [3.05, 3.63) is 16.1 Å². The minimum absolute atomic E-state index is 0.0878. The summed E-state index contributed by atoms with van der Waals surface area (Å²) in [6, 6.07) is 0. The molecule has 0 aromatic carbocycles. The third-order valence-electron chi connectivity index (χ3n) is 2.05. The molecule has 1 aliphatic rings. The molecule has 2 rings (SSSR count). The fourth-order valence-electron chi connectivity index (χ4n) is 1.35. The Balaban J connectivity index is 2.11. The fraction of sp³-hybridized carbons (Fsp3) is 0.625. The van der Waals surface area contributed by atoms with Gasteiger partial charge in [0.1, 0.15) is 5.01 Å². The molecule has 0 amide bonds. The van der Waals surface area contributed by atoms with Gasteiger partial charge < -0.3 is 5.11 Å². The molecule has 4 heteroatoms. The number of hydrogen-bond donors (Lipinski definition) is 1. The lowest BCUT2D eigenvalue weighted by molar-refractivity contribution is 0.281. The Morgan fingerprint density at radius 3 is 3.17 bits per heavy atom. The van der Waals surface area contributed by atoms with Crippen LogP contribution in [0.2, 0.25) is 0 Å². The van der Waals surface area contributed by atoms with Gasteiger partial charge in [-0.1, -0.05) is 0 Å². The van der Waals surface area contributed by atoms with Crippen LogP contribution in [0.4, 0.5) is 0 Å². The standard InChI is InChI=1S/C8H11NOS2/c10-3-8-9-7(5-12-8)6-1-2-11-4-6/h5-6,10H,1-4H2. The van der Waals surface area contributed by atoms with Crippen LogP contribution in [0.1, 0.15) is 23.0 Å². The highest BCUT2D eigenvalue weighted by Crippen LogP contribution is 2.32. The molecule has 0 spiro atoms. The minimum atomic E-state index is 0.0878. The van der Waals surface area contributed by atoms with Gasteiger partial charge in [-0.25, -0.2) is 4.98 Å². The van der Waals surface area contributed by atoms with Gasteiger partial charge in [0.2, 0.25) is 0 Å². The molecule has 1 fully saturated rings. The first-order valence-electron chi connectivity index (χ1n) is 4.03. The third kappa shape index (κ3) is 1.65. The van der Waals surface area contributed by atoms with Gasteiger partial charge in [-0.3, -0.25) is 0 Å². The number of hydrogen-bond acceptors (Lipinski definition) is 4. The second-order valence-electron chi connectivity index (χ2n) is 2.88. The van der Waals surface area contributed by atoms with Crippen molar-refractivity contribution in [3.8, 4) is 0 Å². The molecule has 1 aromatic rings. The molecule has 1 N–H and O–H groups in total. The molecular formula is C8H11NOS2. The fourth-order valence-corrected chi connectivity index (χ4v) is 3.33. The van der Waals surface area contributed by atoms with Gasteiger partial charge in [-0.05, 0) is 12.2 Å². The van der Waals surface area contributed by atoms with Crippen LogP contribution in [0.3, 0.4) is 0 Å². The van der Waals surface area contributed by atoms with Crippen LogP contribution in [-0.4, -0.2) is 21.6 Å². The van der Waals surface area contributed by atoms with Crippen molar-refractivity contribution >= 4 is 23.1 Å². The Bertz CT molecular complexity index is 255. The highest BCUT2D eigenvalue weighted by molar-refractivity contribution is 7.99. The van der Waals surface area contributed by atoms with E-state index in [4.69, 9.17) is 5.11 Å². The quantitative estimate of drug-likeness (QED) is 0.793. The number of thioether (sulfide) groups is 1. The molecule has 1 saturated heterocycles. The lowest BCUT2D eigenvalue weighted by Crippen LogP contribution is -1.96. The zero-order valence-corrected chi connectivity index (χ0v) is 8.33. The van der Waals surface area contributed by atoms with Gasteiger partial charge >= 0.3 is 0 Å². The minimum Gasteiger partial charge on any atom is -0.389 e. The maximum absolute atomic E-state index is 8.84. The van der Waals surface area contributed by atoms with Gasteiger partial charge in [0.15, 0.2) is 0 Å². The first-order valence-corrected chi connectivity index (χ1v) is 6.06. The molecule has 1 atom stereocenters. The van der Waals surface area contributed by atoms with Crippen LogP contribution >= 0.6 is 23.1 Å². The summed E-state index contributed by atoms with van der Waals surface area (Å²) in [6.45, 7) is 0.0878. The zero-order chi connectivity index (χ0) is 8.39. The SMILES string of the molecule is OCc1nc(C2CCSC2)cs1. The molecule has 12 heavy (non-hydrogen) atoms. The number of thiazole rings is 1. The summed E-state index contributed by atoms with van der Waals surface area (Å²) in [5.74, 6) is 3.11. The molecule has 0 radical (unpaired) electrons. The number of aromatic nitrogens is 1. The molecule has 1 aromatic heterocycles. The predicted octanol–water partition coefficient (Wildman–Crippen LogP) is 1.86. The topological polar surface area (TPSA) is 33.1 Å². The van der Waals surface area contributed by atoms with E-state index in [-0.39, 0.29) is 6.61 Å². The van der Waals surface area contributed by atoms with Crippen LogP contribution in [0, 0.1) is 0 Å². The van der Waals surface area contributed by atoms with E-state index in [1.807, 2.05) is 11.8 Å². The second kappa shape index (κ2) is 3.77. The van der Waals surface area contributed by atoms with Crippen LogP contribution in [0.5, 0.6) is 0 Å². The van der Waals surface area contributed by atoms with Gasteiger partial charge in [-0.15, -0.1) is 11.3 Å². The molecule has 66 valence electrons. The van der Waals surface area contributed by atoms with Gasteiger partial charge in [-0.2, -0.15) is 11.8 Å². The summed E-state index contributed by atoms with van der Waals surface area (Å²) in [5.41, 5.74) is 1.19. The first kappa shape index (κ1) is 8.53. The maximum atomic E-state index is 8.84. The van der Waals surface area contributed by atoms with Crippen LogP contribution in [-0.2, 0) is 6.61 Å². The summed E-state index contributed by atoms with van der Waals surface area (Å²) in [5, 5.41) is 11.8. The highest BCUT2D eigenvalue weighted by Gasteiger charge is 2.19. The summed E-state index contributed by atoms with van der Waals surface area (Å²) in [7, 11) is 0. The molecule has 1 unspecified atom stereocenters. The van der Waals surface area contributed by atoms with Crippen molar-refractivity contribution in [2.75, 3.05) is 11.5 Å². The van der Waals surface area contributed by atoms with E-state index in [0.29, 0.717) is 5.92 Å². The van der Waals surface area contributed by atoms with E-state index >= 15 is 0 Å². The van der Waals surface area contributed by atoms with E-state index in [1.165, 1.54) is 23.6 Å². The average Bonchev–Trinajstić information content (AvgIpc) is 2.75. The number of rotatable bonds is 2. The van der Waals surface area contributed by atoms with Crippen molar-refractivity contribution < 1.29 is 5.11 Å². The van der Waals surface area contributed by atoms with E-state index < -0.39 is 0 Å². The molecule has 0 bridgehead atoms. The van der Waals surface area contributed by atoms with Gasteiger partial charge in [0.25, 0.3) is 0 Å². The molecular weight excluding hydrogens is 190 g/mol. The second-order valence-corrected chi connectivity index (χ2v) is 4.98. The zero-order valence-electron chi connectivity index (χ0n) is 6.69. The van der Waals surface area contributed by atoms with E-state index in [9.17, 15) is 0 Å². The smallest absolute Gasteiger partial charge is 0.118 e. The molecule has 1 aliphatic heterocycles. The van der Waals surface area contributed by atoms with Crippen LogP contribution < -0.4 is 0 Å². The molecule has 0 saturated carbocycles. The van der Waals surface area contributed by atoms with Crippen LogP contribution in [0.25, 0.3) is 0 Å². The highest BCUT2D eigenvalue weighted by atomic mass is 32.2. The van der Waals surface area contributed by atoms with E-state index in [0.717, 1.165) is 5.01 Å². The van der Waals surface area contributed by atoms with Crippen molar-refractivity contribution in [3.63, 3.8) is 0 Å². The lowest BCUT2D eigenvalue weighted by Gasteiger charge is -2.01. The Morgan fingerprint density at radius 1 is 1.67 bits per heavy atom. The van der Waals surface area contributed by atoms with Crippen molar-refractivity contribution in [1.29, 1.82) is 0 Å². The normalized spacial score (nSPS) is 23.2. The van der Waals surface area contributed by atoms with Crippen molar-refractivity contribution in [2.45, 2.75) is 18.9 Å². The summed E-state index contributed by atoms with van der Waals surface area (Å²) >= 11 is 3.56. The Kier molecular flexibility index (Phi) is 2.68. The Hall–Kier alpha value is -0.0600.